The zero-order valence-electron chi connectivity index (χ0n) is 18.2. The zero-order valence-corrected chi connectivity index (χ0v) is 18.2. The van der Waals surface area contributed by atoms with Crippen molar-refractivity contribution in [3.05, 3.63) is 108 Å². The molecule has 0 aliphatic heterocycles. The highest BCUT2D eigenvalue weighted by Gasteiger charge is 2.18. The van der Waals surface area contributed by atoms with E-state index in [1.54, 1.807) is 6.08 Å². The first-order valence-corrected chi connectivity index (χ1v) is 11.0. The van der Waals surface area contributed by atoms with E-state index in [0.29, 0.717) is 17.5 Å². The van der Waals surface area contributed by atoms with Crippen LogP contribution in [0.1, 0.15) is 11.1 Å². The molecule has 34 heavy (non-hydrogen) atoms. The molecule has 2 N–H and O–H groups in total. The standard InChI is InChI=1S/C29H19N5/c30-24-16-14-18-11-12-21-17-22(13-15-23(21)25(18)26(24)31)29-33-27(19-7-3-1-4-8-19)32-28(34-29)20-9-5-2-6-10-20/h1-17,30-31H. The van der Waals surface area contributed by atoms with Crippen molar-refractivity contribution in [2.75, 3.05) is 0 Å². The minimum absolute atomic E-state index is 0.224. The molecule has 1 aromatic heterocycles. The van der Waals surface area contributed by atoms with E-state index in [2.05, 4.69) is 0 Å². The molecular weight excluding hydrogens is 418 g/mol. The lowest BCUT2D eigenvalue weighted by atomic mass is 9.89. The lowest BCUT2D eigenvalue weighted by Crippen LogP contribution is -2.16. The Morgan fingerprint density at radius 2 is 1.12 bits per heavy atom. The molecular formula is C29H19N5. The molecule has 5 nitrogen and oxygen atoms in total. The number of aromatic nitrogens is 3. The molecule has 0 atom stereocenters. The van der Waals surface area contributed by atoms with E-state index in [-0.39, 0.29) is 11.4 Å². The minimum atomic E-state index is 0.224. The van der Waals surface area contributed by atoms with Crippen LogP contribution in [-0.4, -0.2) is 26.4 Å². The maximum Gasteiger partial charge on any atom is 0.164 e. The van der Waals surface area contributed by atoms with Crippen molar-refractivity contribution >= 4 is 28.3 Å². The van der Waals surface area contributed by atoms with Gasteiger partial charge >= 0.3 is 0 Å². The Kier molecular flexibility index (Phi) is 4.66. The summed E-state index contributed by atoms with van der Waals surface area (Å²) < 4.78 is 0. The summed E-state index contributed by atoms with van der Waals surface area (Å²) >= 11 is 0. The van der Waals surface area contributed by atoms with Crippen LogP contribution in [0, 0.1) is 10.8 Å². The summed E-state index contributed by atoms with van der Waals surface area (Å²) in [5.41, 5.74) is 4.95. The predicted molar refractivity (Wildman–Crippen MR) is 137 cm³/mol. The quantitative estimate of drug-likeness (QED) is 0.340. The van der Waals surface area contributed by atoms with Crippen molar-refractivity contribution in [3.63, 3.8) is 0 Å². The van der Waals surface area contributed by atoms with E-state index < -0.39 is 0 Å². The van der Waals surface area contributed by atoms with Crippen LogP contribution >= 0.6 is 0 Å². The highest BCUT2D eigenvalue weighted by atomic mass is 15.0. The van der Waals surface area contributed by atoms with E-state index in [4.69, 9.17) is 25.8 Å². The van der Waals surface area contributed by atoms with Gasteiger partial charge in [-0.25, -0.2) is 15.0 Å². The van der Waals surface area contributed by atoms with Crippen molar-refractivity contribution in [3.8, 4) is 34.2 Å². The van der Waals surface area contributed by atoms with E-state index in [1.807, 2.05) is 97.1 Å². The Morgan fingerprint density at radius 3 is 1.74 bits per heavy atom. The molecule has 0 saturated carbocycles. The van der Waals surface area contributed by atoms with E-state index in [9.17, 15) is 0 Å². The average Bonchev–Trinajstić information content (AvgIpc) is 2.91. The first kappa shape index (κ1) is 19.9. The van der Waals surface area contributed by atoms with Crippen molar-refractivity contribution in [2.24, 2.45) is 0 Å². The molecule has 4 aromatic carbocycles. The smallest absolute Gasteiger partial charge is 0.164 e. The molecule has 0 radical (unpaired) electrons. The summed E-state index contributed by atoms with van der Waals surface area (Å²) in [5, 5.41) is 18.4. The molecule has 1 aliphatic carbocycles. The zero-order chi connectivity index (χ0) is 23.1. The molecule has 0 unspecified atom stereocenters. The third-order valence-corrected chi connectivity index (χ3v) is 5.96. The van der Waals surface area contributed by atoms with Gasteiger partial charge in [0, 0.05) is 22.3 Å². The van der Waals surface area contributed by atoms with Gasteiger partial charge in [0.15, 0.2) is 17.5 Å². The first-order chi connectivity index (χ1) is 16.7. The SMILES string of the molecule is N=C1C=Cc2ccc3cc(-c4nc(-c5ccccc5)nc(-c5ccccc5)n4)ccc3c2C1=N. The number of fused-ring (bicyclic) bond motifs is 3. The van der Waals surface area contributed by atoms with Gasteiger partial charge in [-0.15, -0.1) is 0 Å². The van der Waals surface area contributed by atoms with Crippen molar-refractivity contribution in [1.82, 2.24) is 15.0 Å². The second-order valence-electron chi connectivity index (χ2n) is 8.13. The number of nitrogens with zero attached hydrogens (tertiary/aromatic N) is 3. The normalized spacial score (nSPS) is 12.7. The fourth-order valence-electron chi connectivity index (χ4n) is 4.23. The molecule has 0 saturated heterocycles. The van der Waals surface area contributed by atoms with Crippen molar-refractivity contribution < 1.29 is 0 Å². The number of allylic oxidation sites excluding steroid dienone is 1. The van der Waals surface area contributed by atoms with Crippen LogP contribution in [0.3, 0.4) is 0 Å². The van der Waals surface area contributed by atoms with Crippen LogP contribution in [0.15, 0.2) is 97.1 Å². The Balaban J connectivity index is 1.54. The Bertz CT molecular complexity index is 1560. The minimum Gasteiger partial charge on any atom is -0.299 e. The van der Waals surface area contributed by atoms with Gasteiger partial charge in [0.25, 0.3) is 0 Å². The molecule has 5 aromatic rings. The van der Waals surface area contributed by atoms with Crippen LogP contribution in [0.4, 0.5) is 0 Å². The fraction of sp³-hybridized carbons (Fsp3) is 0. The van der Waals surface area contributed by atoms with Gasteiger partial charge in [-0.05, 0) is 28.5 Å². The van der Waals surface area contributed by atoms with Crippen LogP contribution in [0.2, 0.25) is 0 Å². The maximum atomic E-state index is 8.41. The molecule has 5 heteroatoms. The van der Waals surface area contributed by atoms with Gasteiger partial charge in [0.05, 0.1) is 11.4 Å². The lowest BCUT2D eigenvalue weighted by molar-refractivity contribution is 1.07. The van der Waals surface area contributed by atoms with Gasteiger partial charge < -0.3 is 0 Å². The Labute approximate surface area is 196 Å². The molecule has 1 heterocycles. The summed E-state index contributed by atoms with van der Waals surface area (Å²) in [6, 6.07) is 29.9. The second kappa shape index (κ2) is 7.98. The van der Waals surface area contributed by atoms with Gasteiger partial charge in [0.1, 0.15) is 0 Å². The summed E-state index contributed by atoms with van der Waals surface area (Å²) in [6.45, 7) is 0. The molecule has 0 bridgehead atoms. The van der Waals surface area contributed by atoms with Crippen molar-refractivity contribution in [1.29, 1.82) is 10.8 Å². The average molecular weight is 438 g/mol. The van der Waals surface area contributed by atoms with Gasteiger partial charge in [0.2, 0.25) is 0 Å². The van der Waals surface area contributed by atoms with E-state index >= 15 is 0 Å². The number of benzene rings is 4. The maximum absolute atomic E-state index is 8.41. The lowest BCUT2D eigenvalue weighted by Gasteiger charge is -2.16. The predicted octanol–water partition coefficient (Wildman–Crippen LogP) is 6.44. The summed E-state index contributed by atoms with van der Waals surface area (Å²) in [4.78, 5) is 14.4. The highest BCUT2D eigenvalue weighted by Crippen LogP contribution is 2.31. The summed E-state index contributed by atoms with van der Waals surface area (Å²) in [6.07, 6.45) is 3.57. The second-order valence-corrected chi connectivity index (χ2v) is 8.13. The van der Waals surface area contributed by atoms with Crippen molar-refractivity contribution in [2.45, 2.75) is 0 Å². The van der Waals surface area contributed by atoms with Gasteiger partial charge in [-0.3, -0.25) is 10.8 Å². The summed E-state index contributed by atoms with van der Waals surface area (Å²) in [7, 11) is 0. The number of nitrogens with one attached hydrogen (secondary N) is 2. The highest BCUT2D eigenvalue weighted by molar-refractivity contribution is 6.53. The molecule has 160 valence electrons. The molecule has 0 spiro atoms. The molecule has 1 aliphatic rings. The molecule has 0 amide bonds. The van der Waals surface area contributed by atoms with Gasteiger partial charge in [-0.1, -0.05) is 91.0 Å². The Hall–Kier alpha value is -4.77. The molecule has 0 fully saturated rings. The Morgan fingerprint density at radius 1 is 0.529 bits per heavy atom. The molecule has 6 rings (SSSR count). The van der Waals surface area contributed by atoms with Crippen LogP contribution < -0.4 is 0 Å². The fourth-order valence-corrected chi connectivity index (χ4v) is 4.23. The number of hydrogen-bond donors (Lipinski definition) is 2. The van der Waals surface area contributed by atoms with Crippen LogP contribution in [0.5, 0.6) is 0 Å². The van der Waals surface area contributed by atoms with E-state index in [1.165, 1.54) is 0 Å². The number of rotatable bonds is 3. The van der Waals surface area contributed by atoms with Crippen LogP contribution in [0.25, 0.3) is 51.0 Å². The third kappa shape index (κ3) is 3.40. The van der Waals surface area contributed by atoms with Crippen LogP contribution in [-0.2, 0) is 0 Å². The topological polar surface area (TPSA) is 86.4 Å². The van der Waals surface area contributed by atoms with Gasteiger partial charge in [-0.2, -0.15) is 0 Å². The third-order valence-electron chi connectivity index (χ3n) is 5.96. The first-order valence-electron chi connectivity index (χ1n) is 11.0. The number of hydrogen-bond acceptors (Lipinski definition) is 5. The monoisotopic (exact) mass is 437 g/mol. The summed E-state index contributed by atoms with van der Waals surface area (Å²) in [5.74, 6) is 1.83. The largest absolute Gasteiger partial charge is 0.299 e. The van der Waals surface area contributed by atoms with E-state index in [0.717, 1.165) is 38.6 Å².